The minimum absolute atomic E-state index is 0.141. The second-order valence-electron chi connectivity index (χ2n) is 5.89. The number of fused-ring (bicyclic) bond motifs is 1. The highest BCUT2D eigenvalue weighted by Gasteiger charge is 2.23. The van der Waals surface area contributed by atoms with Gasteiger partial charge >= 0.3 is 0 Å². The third-order valence-electron chi connectivity index (χ3n) is 4.05. The van der Waals surface area contributed by atoms with Crippen molar-refractivity contribution in [3.8, 4) is 0 Å². The maximum absolute atomic E-state index is 12.2. The number of aromatic nitrogens is 1. The molecule has 2 aromatic rings. The van der Waals surface area contributed by atoms with Gasteiger partial charge in [-0.05, 0) is 49.8 Å². The first-order chi connectivity index (χ1) is 10.5. The van der Waals surface area contributed by atoms with E-state index >= 15 is 0 Å². The Bertz CT molecular complexity index is 773. The van der Waals surface area contributed by atoms with E-state index < -0.39 is 0 Å². The minimum Gasteiger partial charge on any atom is -0.368 e. The molecule has 1 aliphatic heterocycles. The Kier molecular flexibility index (Phi) is 3.98. The van der Waals surface area contributed by atoms with E-state index in [1.165, 1.54) is 0 Å². The van der Waals surface area contributed by atoms with E-state index in [2.05, 4.69) is 10.3 Å². The summed E-state index contributed by atoms with van der Waals surface area (Å²) < 4.78 is 5.34. The quantitative estimate of drug-likeness (QED) is 0.910. The summed E-state index contributed by atoms with van der Waals surface area (Å²) in [5.74, 6) is -0.141. The van der Waals surface area contributed by atoms with Crippen LogP contribution in [0, 0.1) is 13.8 Å². The second-order valence-corrected chi connectivity index (χ2v) is 5.89. The third-order valence-corrected chi connectivity index (χ3v) is 4.05. The smallest absolute Gasteiger partial charge is 0.253 e. The Labute approximate surface area is 128 Å². The van der Waals surface area contributed by atoms with Crippen LogP contribution in [0.15, 0.2) is 23.0 Å². The number of rotatable bonds is 3. The predicted molar refractivity (Wildman–Crippen MR) is 84.9 cm³/mol. The first-order valence-corrected chi connectivity index (χ1v) is 7.57. The van der Waals surface area contributed by atoms with Crippen molar-refractivity contribution >= 4 is 16.8 Å². The molecular weight excluding hydrogens is 280 g/mol. The number of carbonyl (C=O) groups excluding carboxylic acids is 1. The molecule has 0 radical (unpaired) electrons. The zero-order valence-electron chi connectivity index (χ0n) is 12.9. The lowest BCUT2D eigenvalue weighted by Crippen LogP contribution is -2.35. The lowest BCUT2D eigenvalue weighted by atomic mass is 10.1. The number of benzene rings is 1. The van der Waals surface area contributed by atoms with Gasteiger partial charge in [-0.25, -0.2) is 0 Å². The van der Waals surface area contributed by atoms with Gasteiger partial charge in [0.2, 0.25) is 5.91 Å². The van der Waals surface area contributed by atoms with Gasteiger partial charge in [0.1, 0.15) is 6.10 Å². The van der Waals surface area contributed by atoms with E-state index in [-0.39, 0.29) is 24.1 Å². The van der Waals surface area contributed by atoms with Gasteiger partial charge in [0, 0.05) is 18.7 Å². The average Bonchev–Trinajstić information content (AvgIpc) is 3.00. The standard InChI is InChI=1S/C17H20N2O3/c1-10-6-11(2)15-12(7-10)8-13(16(20)19-15)9-18-17(21)14-4-3-5-22-14/h6-8,14H,3-5,9H2,1-2H3,(H,18,21)(H,19,20). The molecule has 2 heterocycles. The number of amides is 1. The Balaban J connectivity index is 1.83. The molecule has 1 fully saturated rings. The first-order valence-electron chi connectivity index (χ1n) is 7.57. The van der Waals surface area contributed by atoms with Crippen LogP contribution in [0.5, 0.6) is 0 Å². The van der Waals surface area contributed by atoms with Gasteiger partial charge in [-0.3, -0.25) is 9.59 Å². The molecule has 2 N–H and O–H groups in total. The molecule has 5 heteroatoms. The molecule has 22 heavy (non-hydrogen) atoms. The van der Waals surface area contributed by atoms with E-state index in [4.69, 9.17) is 4.74 Å². The van der Waals surface area contributed by atoms with Crippen LogP contribution in [0.25, 0.3) is 10.9 Å². The van der Waals surface area contributed by atoms with Gasteiger partial charge in [0.15, 0.2) is 0 Å². The number of hydrogen-bond acceptors (Lipinski definition) is 3. The fourth-order valence-electron chi connectivity index (χ4n) is 2.94. The van der Waals surface area contributed by atoms with Crippen LogP contribution in [-0.4, -0.2) is 23.6 Å². The summed E-state index contributed by atoms with van der Waals surface area (Å²) in [6.07, 6.45) is 1.29. The number of ether oxygens (including phenoxy) is 1. The lowest BCUT2D eigenvalue weighted by Gasteiger charge is -2.11. The van der Waals surface area contributed by atoms with E-state index in [9.17, 15) is 9.59 Å². The average molecular weight is 300 g/mol. The molecular formula is C17H20N2O3. The van der Waals surface area contributed by atoms with Crippen molar-refractivity contribution in [2.45, 2.75) is 39.3 Å². The number of H-pyrrole nitrogens is 1. The highest BCUT2D eigenvalue weighted by Crippen LogP contribution is 2.18. The lowest BCUT2D eigenvalue weighted by molar-refractivity contribution is -0.130. The van der Waals surface area contributed by atoms with Gasteiger partial charge in [-0.15, -0.1) is 0 Å². The number of carbonyl (C=O) groups is 1. The normalized spacial score (nSPS) is 17.8. The van der Waals surface area contributed by atoms with Crippen molar-refractivity contribution in [1.29, 1.82) is 0 Å². The maximum atomic E-state index is 12.2. The van der Waals surface area contributed by atoms with Gasteiger partial charge < -0.3 is 15.0 Å². The summed E-state index contributed by atoms with van der Waals surface area (Å²) in [5, 5.41) is 3.78. The number of aromatic amines is 1. The molecule has 1 amide bonds. The van der Waals surface area contributed by atoms with Crippen molar-refractivity contribution in [2.24, 2.45) is 0 Å². The molecule has 5 nitrogen and oxygen atoms in total. The third kappa shape index (κ3) is 2.90. The van der Waals surface area contributed by atoms with E-state index in [0.717, 1.165) is 34.9 Å². The number of pyridine rings is 1. The van der Waals surface area contributed by atoms with Crippen LogP contribution in [0.4, 0.5) is 0 Å². The minimum atomic E-state index is -0.371. The van der Waals surface area contributed by atoms with E-state index in [1.54, 1.807) is 0 Å². The fraction of sp³-hybridized carbons (Fsp3) is 0.412. The first kappa shape index (κ1) is 14.8. The summed E-state index contributed by atoms with van der Waals surface area (Å²) in [5.41, 5.74) is 3.44. The van der Waals surface area contributed by atoms with Crippen LogP contribution in [-0.2, 0) is 16.1 Å². The summed E-state index contributed by atoms with van der Waals surface area (Å²) in [6, 6.07) is 5.92. The SMILES string of the molecule is Cc1cc(C)c2[nH]c(=O)c(CNC(=O)C3CCCO3)cc2c1. The van der Waals surface area contributed by atoms with Gasteiger partial charge in [-0.1, -0.05) is 11.6 Å². The zero-order valence-corrected chi connectivity index (χ0v) is 12.9. The van der Waals surface area contributed by atoms with Crippen LogP contribution < -0.4 is 10.9 Å². The van der Waals surface area contributed by atoms with Crippen molar-refractivity contribution < 1.29 is 9.53 Å². The molecule has 1 aromatic carbocycles. The molecule has 0 spiro atoms. The van der Waals surface area contributed by atoms with Crippen LogP contribution in [0.3, 0.4) is 0 Å². The maximum Gasteiger partial charge on any atom is 0.253 e. The van der Waals surface area contributed by atoms with E-state index in [1.807, 2.05) is 32.0 Å². The van der Waals surface area contributed by atoms with Gasteiger partial charge in [0.25, 0.3) is 5.56 Å². The monoisotopic (exact) mass is 300 g/mol. The molecule has 1 unspecified atom stereocenters. The molecule has 1 aliphatic rings. The second kappa shape index (κ2) is 5.93. The van der Waals surface area contributed by atoms with Gasteiger partial charge in [-0.2, -0.15) is 0 Å². The molecule has 0 aliphatic carbocycles. The summed E-state index contributed by atoms with van der Waals surface area (Å²) in [4.78, 5) is 27.0. The number of aryl methyl sites for hydroxylation is 2. The van der Waals surface area contributed by atoms with Crippen molar-refractivity contribution in [3.63, 3.8) is 0 Å². The molecule has 3 rings (SSSR count). The summed E-state index contributed by atoms with van der Waals surface area (Å²) >= 11 is 0. The Hall–Kier alpha value is -2.14. The highest BCUT2D eigenvalue weighted by molar-refractivity contribution is 5.83. The molecule has 1 atom stereocenters. The van der Waals surface area contributed by atoms with E-state index in [0.29, 0.717) is 12.2 Å². The topological polar surface area (TPSA) is 71.2 Å². The predicted octanol–water partition coefficient (Wildman–Crippen LogP) is 1.94. The van der Waals surface area contributed by atoms with Crippen LogP contribution in [0.2, 0.25) is 0 Å². The zero-order chi connectivity index (χ0) is 15.7. The van der Waals surface area contributed by atoms with Crippen molar-refractivity contribution in [3.05, 3.63) is 45.2 Å². The molecule has 1 saturated heterocycles. The molecule has 116 valence electrons. The molecule has 1 aromatic heterocycles. The summed E-state index contributed by atoms with van der Waals surface area (Å²) in [7, 11) is 0. The Morgan fingerprint density at radius 2 is 2.18 bits per heavy atom. The number of hydrogen-bond donors (Lipinski definition) is 2. The van der Waals surface area contributed by atoms with Crippen LogP contribution >= 0.6 is 0 Å². The van der Waals surface area contributed by atoms with Crippen LogP contribution in [0.1, 0.15) is 29.5 Å². The number of nitrogens with one attached hydrogen (secondary N) is 2. The highest BCUT2D eigenvalue weighted by atomic mass is 16.5. The Morgan fingerprint density at radius 1 is 1.36 bits per heavy atom. The summed E-state index contributed by atoms with van der Waals surface area (Å²) in [6.45, 7) is 4.85. The van der Waals surface area contributed by atoms with Crippen molar-refractivity contribution in [1.82, 2.24) is 10.3 Å². The fourth-order valence-corrected chi connectivity index (χ4v) is 2.94. The largest absolute Gasteiger partial charge is 0.368 e. The molecule has 0 saturated carbocycles. The Morgan fingerprint density at radius 3 is 2.91 bits per heavy atom. The van der Waals surface area contributed by atoms with Crippen molar-refractivity contribution in [2.75, 3.05) is 6.61 Å². The van der Waals surface area contributed by atoms with Gasteiger partial charge in [0.05, 0.1) is 5.52 Å². The molecule has 0 bridgehead atoms.